The fraction of sp³-hybridized carbons (Fsp3) is 0.500. The first-order valence-electron chi connectivity index (χ1n) is 5.86. The Morgan fingerprint density at radius 1 is 1.50 bits per heavy atom. The zero-order valence-electron chi connectivity index (χ0n) is 11.6. The maximum absolute atomic E-state index is 12.3. The lowest BCUT2D eigenvalue weighted by molar-refractivity contribution is 0.0908. The van der Waals surface area contributed by atoms with Crippen molar-refractivity contribution in [3.05, 3.63) is 22.2 Å². The Bertz CT molecular complexity index is 589. The van der Waals surface area contributed by atoms with Crippen molar-refractivity contribution in [2.45, 2.75) is 24.3 Å². The summed E-state index contributed by atoms with van der Waals surface area (Å²) in [5, 5.41) is 10.0. The average molecular weight is 383 g/mol. The van der Waals surface area contributed by atoms with E-state index in [4.69, 9.17) is 5.73 Å². The molecule has 5 nitrogen and oxygen atoms in total. The Hall–Kier alpha value is -0.280. The molecule has 0 spiro atoms. The lowest BCUT2D eigenvalue weighted by Gasteiger charge is -2.23. The first-order chi connectivity index (χ1) is 9.09. The lowest BCUT2D eigenvalue weighted by atomic mass is 10.1. The highest BCUT2D eigenvalue weighted by Crippen LogP contribution is 2.26. The Balaban J connectivity index is 3.01. The fourth-order valence-corrected chi connectivity index (χ4v) is 4.45. The number of aliphatic hydroxyl groups is 1. The van der Waals surface area contributed by atoms with E-state index in [0.717, 1.165) is 0 Å². The van der Waals surface area contributed by atoms with Crippen LogP contribution in [0, 0.1) is 6.92 Å². The van der Waals surface area contributed by atoms with Crippen molar-refractivity contribution < 1.29 is 13.5 Å². The number of nitrogen functional groups attached to an aromatic ring is 1. The molecule has 1 unspecified atom stereocenters. The molecule has 0 radical (unpaired) electrons. The third-order valence-electron chi connectivity index (χ3n) is 2.75. The summed E-state index contributed by atoms with van der Waals surface area (Å²) in [6.45, 7) is 3.19. The van der Waals surface area contributed by atoms with Gasteiger partial charge in [-0.2, -0.15) is 11.8 Å². The van der Waals surface area contributed by atoms with E-state index in [1.807, 2.05) is 6.26 Å². The summed E-state index contributed by atoms with van der Waals surface area (Å²) >= 11 is 4.68. The molecule has 0 amide bonds. The van der Waals surface area contributed by atoms with Crippen LogP contribution in [0.15, 0.2) is 21.5 Å². The Labute approximate surface area is 132 Å². The number of rotatable bonds is 6. The molecule has 0 aliphatic rings. The van der Waals surface area contributed by atoms with Crippen LogP contribution in [0.5, 0.6) is 0 Å². The van der Waals surface area contributed by atoms with Gasteiger partial charge in [-0.25, -0.2) is 13.1 Å². The van der Waals surface area contributed by atoms with Crippen molar-refractivity contribution >= 4 is 43.4 Å². The van der Waals surface area contributed by atoms with Gasteiger partial charge in [0, 0.05) is 22.5 Å². The summed E-state index contributed by atoms with van der Waals surface area (Å²) in [6, 6.07) is 3.15. The lowest BCUT2D eigenvalue weighted by Crippen LogP contribution is -2.42. The van der Waals surface area contributed by atoms with Gasteiger partial charge in [-0.15, -0.1) is 0 Å². The number of sulfonamides is 1. The SMILES string of the molecule is CSCC(C)(O)CNS(=O)(=O)c1cc(Br)cc(N)c1C. The highest BCUT2D eigenvalue weighted by atomic mass is 79.9. The van der Waals surface area contributed by atoms with Gasteiger partial charge in [-0.05, 0) is 37.8 Å². The molecular formula is C12H19BrN2O3S2. The van der Waals surface area contributed by atoms with Gasteiger partial charge >= 0.3 is 0 Å². The van der Waals surface area contributed by atoms with Crippen LogP contribution in [0.1, 0.15) is 12.5 Å². The Morgan fingerprint density at radius 2 is 2.10 bits per heavy atom. The van der Waals surface area contributed by atoms with Gasteiger partial charge in [-0.1, -0.05) is 15.9 Å². The smallest absolute Gasteiger partial charge is 0.241 e. The molecule has 0 aromatic heterocycles. The van der Waals surface area contributed by atoms with Crippen LogP contribution in [0.4, 0.5) is 5.69 Å². The van der Waals surface area contributed by atoms with Gasteiger partial charge in [0.2, 0.25) is 10.0 Å². The van der Waals surface area contributed by atoms with Crippen molar-refractivity contribution in [3.63, 3.8) is 0 Å². The molecule has 1 atom stereocenters. The van der Waals surface area contributed by atoms with Crippen molar-refractivity contribution in [2.75, 3.05) is 24.3 Å². The van der Waals surface area contributed by atoms with E-state index in [2.05, 4.69) is 20.7 Å². The highest BCUT2D eigenvalue weighted by Gasteiger charge is 2.25. The standard InChI is InChI=1S/C12H19BrN2O3S2/c1-8-10(14)4-9(13)5-11(8)20(17,18)15-6-12(2,16)7-19-3/h4-5,15-16H,6-7,14H2,1-3H3. The van der Waals surface area contributed by atoms with Gasteiger partial charge in [0.05, 0.1) is 10.5 Å². The second kappa shape index (κ2) is 6.65. The molecular weight excluding hydrogens is 364 g/mol. The van der Waals surface area contributed by atoms with E-state index in [1.54, 1.807) is 19.9 Å². The topological polar surface area (TPSA) is 92.4 Å². The maximum Gasteiger partial charge on any atom is 0.241 e. The molecule has 1 rings (SSSR count). The van der Waals surface area contributed by atoms with Crippen LogP contribution in [0.2, 0.25) is 0 Å². The number of hydrogen-bond acceptors (Lipinski definition) is 5. The molecule has 0 saturated heterocycles. The average Bonchev–Trinajstić information content (AvgIpc) is 2.31. The van der Waals surface area contributed by atoms with Crippen LogP contribution < -0.4 is 10.5 Å². The van der Waals surface area contributed by atoms with Crippen molar-refractivity contribution in [3.8, 4) is 0 Å². The van der Waals surface area contributed by atoms with Gasteiger partial charge in [0.15, 0.2) is 0 Å². The van der Waals surface area contributed by atoms with Crippen molar-refractivity contribution in [2.24, 2.45) is 0 Å². The molecule has 0 saturated carbocycles. The van der Waals surface area contributed by atoms with E-state index in [0.29, 0.717) is 21.5 Å². The number of hydrogen-bond donors (Lipinski definition) is 3. The number of benzene rings is 1. The highest BCUT2D eigenvalue weighted by molar-refractivity contribution is 9.10. The minimum absolute atomic E-state index is 0.0535. The van der Waals surface area contributed by atoms with Crippen LogP contribution in [0.25, 0.3) is 0 Å². The summed E-state index contributed by atoms with van der Waals surface area (Å²) in [6.07, 6.45) is 1.85. The minimum atomic E-state index is -3.72. The predicted molar refractivity (Wildman–Crippen MR) is 87.5 cm³/mol. The summed E-state index contributed by atoms with van der Waals surface area (Å²) in [5.74, 6) is 0.440. The second-order valence-electron chi connectivity index (χ2n) is 4.87. The normalized spacial score (nSPS) is 15.1. The van der Waals surface area contributed by atoms with E-state index < -0.39 is 15.6 Å². The van der Waals surface area contributed by atoms with Crippen molar-refractivity contribution in [1.29, 1.82) is 0 Å². The molecule has 1 aromatic rings. The van der Waals surface area contributed by atoms with Gasteiger partial charge in [0.1, 0.15) is 0 Å². The number of nitrogens with one attached hydrogen (secondary N) is 1. The molecule has 0 fully saturated rings. The van der Waals surface area contributed by atoms with Gasteiger partial charge in [-0.3, -0.25) is 0 Å². The largest absolute Gasteiger partial charge is 0.398 e. The fourth-order valence-electron chi connectivity index (χ4n) is 1.64. The molecule has 114 valence electrons. The van der Waals surface area contributed by atoms with Crippen LogP contribution in [-0.4, -0.2) is 37.7 Å². The molecule has 0 aliphatic carbocycles. The molecule has 0 bridgehead atoms. The van der Waals surface area contributed by atoms with Crippen molar-refractivity contribution in [1.82, 2.24) is 4.72 Å². The van der Waals surface area contributed by atoms with E-state index in [1.165, 1.54) is 17.8 Å². The zero-order chi connectivity index (χ0) is 15.6. The molecule has 1 aromatic carbocycles. The molecule has 0 heterocycles. The van der Waals surface area contributed by atoms with E-state index in [-0.39, 0.29) is 11.4 Å². The monoisotopic (exact) mass is 382 g/mol. The quantitative estimate of drug-likeness (QED) is 0.651. The van der Waals surface area contributed by atoms with Gasteiger partial charge in [0.25, 0.3) is 0 Å². The summed E-state index contributed by atoms with van der Waals surface area (Å²) in [7, 11) is -3.72. The third-order valence-corrected chi connectivity index (χ3v) is 5.65. The number of nitrogens with two attached hydrogens (primary N) is 1. The summed E-state index contributed by atoms with van der Waals surface area (Å²) in [4.78, 5) is 0.115. The first-order valence-corrected chi connectivity index (χ1v) is 9.53. The minimum Gasteiger partial charge on any atom is -0.398 e. The zero-order valence-corrected chi connectivity index (χ0v) is 14.8. The molecule has 20 heavy (non-hydrogen) atoms. The number of thioether (sulfide) groups is 1. The first kappa shape index (κ1) is 17.8. The molecule has 8 heteroatoms. The third kappa shape index (κ3) is 4.63. The van der Waals surface area contributed by atoms with E-state index >= 15 is 0 Å². The summed E-state index contributed by atoms with van der Waals surface area (Å²) in [5.41, 5.74) is 5.56. The molecule has 0 aliphatic heterocycles. The molecule has 4 N–H and O–H groups in total. The number of anilines is 1. The Morgan fingerprint density at radius 3 is 2.65 bits per heavy atom. The van der Waals surface area contributed by atoms with Crippen LogP contribution in [0.3, 0.4) is 0 Å². The summed E-state index contributed by atoms with van der Waals surface area (Å²) < 4.78 is 27.6. The second-order valence-corrected chi connectivity index (χ2v) is 8.39. The number of halogens is 1. The maximum atomic E-state index is 12.3. The van der Waals surface area contributed by atoms with Crippen LogP contribution >= 0.6 is 27.7 Å². The Kier molecular flexibility index (Phi) is 5.91. The van der Waals surface area contributed by atoms with Crippen LogP contribution in [-0.2, 0) is 10.0 Å². The predicted octanol–water partition coefficient (Wildman–Crippen LogP) is 1.73. The van der Waals surface area contributed by atoms with E-state index in [9.17, 15) is 13.5 Å². The van der Waals surface area contributed by atoms with Gasteiger partial charge < -0.3 is 10.8 Å².